The monoisotopic (exact) mass is 486 g/mol. The molecule has 26 heavy (non-hydrogen) atoms. The Morgan fingerprint density at radius 2 is 2.27 bits per heavy atom. The number of aromatic amines is 1. The van der Waals surface area contributed by atoms with Gasteiger partial charge in [0, 0.05) is 25.0 Å². The zero-order valence-corrected chi connectivity index (χ0v) is 18.0. The largest absolute Gasteiger partial charge is 0.461 e. The molecule has 0 aromatic carbocycles. The topological polar surface area (TPSA) is 82.3 Å². The van der Waals surface area contributed by atoms with Gasteiger partial charge in [-0.15, -0.1) is 40.4 Å². The van der Waals surface area contributed by atoms with E-state index < -0.39 is 0 Å². The Morgan fingerprint density at radius 3 is 2.96 bits per heavy atom. The third-order valence-electron chi connectivity index (χ3n) is 3.62. The van der Waals surface area contributed by atoms with Crippen molar-refractivity contribution in [1.29, 1.82) is 0 Å². The standard InChI is InChI=1S/C17H22N6OS.HI/c1-3-18-17(23(2)9-8-13-6-5-11-25-13)19-12-15-20-16(22-21-15)14-7-4-10-24-14;/h4-7,10-11H,3,8-9,12H2,1-2H3,(H,18,19)(H,20,21,22);1H. The Kier molecular flexibility index (Phi) is 8.10. The fraction of sp³-hybridized carbons (Fsp3) is 0.353. The molecule has 3 aromatic heterocycles. The molecular formula is C17H23IN6OS. The first-order chi connectivity index (χ1) is 12.3. The third-order valence-corrected chi connectivity index (χ3v) is 4.56. The summed E-state index contributed by atoms with van der Waals surface area (Å²) in [7, 11) is 2.05. The number of nitrogens with zero attached hydrogens (tertiary/aromatic N) is 4. The molecule has 0 bridgehead atoms. The lowest BCUT2D eigenvalue weighted by molar-refractivity contribution is 0.486. The summed E-state index contributed by atoms with van der Waals surface area (Å²) in [6, 6.07) is 7.89. The highest BCUT2D eigenvalue weighted by Gasteiger charge is 2.10. The molecule has 0 amide bonds. The van der Waals surface area contributed by atoms with E-state index in [2.05, 4.69) is 54.8 Å². The molecule has 0 aliphatic carbocycles. The number of guanidine groups is 1. The number of aromatic nitrogens is 3. The maximum absolute atomic E-state index is 5.30. The van der Waals surface area contributed by atoms with Gasteiger partial charge >= 0.3 is 0 Å². The van der Waals surface area contributed by atoms with E-state index >= 15 is 0 Å². The van der Waals surface area contributed by atoms with Gasteiger partial charge in [0.2, 0.25) is 5.82 Å². The molecule has 0 saturated heterocycles. The van der Waals surface area contributed by atoms with Crippen LogP contribution in [0.15, 0.2) is 45.3 Å². The third kappa shape index (κ3) is 5.56. The van der Waals surface area contributed by atoms with Gasteiger partial charge in [-0.05, 0) is 36.9 Å². The van der Waals surface area contributed by atoms with Crippen molar-refractivity contribution in [3.8, 4) is 11.6 Å². The zero-order valence-electron chi connectivity index (χ0n) is 14.8. The number of aliphatic imine (C=N–C) groups is 1. The van der Waals surface area contributed by atoms with E-state index in [0.29, 0.717) is 24.0 Å². The number of rotatable bonds is 7. The molecule has 9 heteroatoms. The number of hydrogen-bond donors (Lipinski definition) is 2. The number of halogens is 1. The molecule has 3 rings (SSSR count). The molecule has 3 aromatic rings. The number of hydrogen-bond acceptors (Lipinski definition) is 5. The lowest BCUT2D eigenvalue weighted by Crippen LogP contribution is -2.39. The lowest BCUT2D eigenvalue weighted by Gasteiger charge is -2.21. The van der Waals surface area contributed by atoms with Crippen LogP contribution < -0.4 is 5.32 Å². The fourth-order valence-electron chi connectivity index (χ4n) is 2.34. The highest BCUT2D eigenvalue weighted by Crippen LogP contribution is 2.14. The second-order valence-corrected chi connectivity index (χ2v) is 6.54. The molecule has 0 aliphatic heterocycles. The Labute approximate surface area is 174 Å². The highest BCUT2D eigenvalue weighted by atomic mass is 127. The first kappa shape index (κ1) is 20.4. The van der Waals surface area contributed by atoms with E-state index in [-0.39, 0.29) is 24.0 Å². The summed E-state index contributed by atoms with van der Waals surface area (Å²) in [6.45, 7) is 4.21. The van der Waals surface area contributed by atoms with Gasteiger partial charge in [0.05, 0.1) is 6.26 Å². The molecule has 140 valence electrons. The van der Waals surface area contributed by atoms with E-state index in [1.54, 1.807) is 17.6 Å². The van der Waals surface area contributed by atoms with Crippen molar-refractivity contribution in [2.75, 3.05) is 20.1 Å². The number of furan rings is 1. The van der Waals surface area contributed by atoms with Gasteiger partial charge in [-0.1, -0.05) is 6.07 Å². The second-order valence-electron chi connectivity index (χ2n) is 5.50. The van der Waals surface area contributed by atoms with Gasteiger partial charge in [-0.3, -0.25) is 5.10 Å². The average Bonchev–Trinajstić information content (AvgIpc) is 3.38. The molecule has 0 unspecified atom stereocenters. The summed E-state index contributed by atoms with van der Waals surface area (Å²) in [5.41, 5.74) is 0. The van der Waals surface area contributed by atoms with E-state index in [9.17, 15) is 0 Å². The first-order valence-corrected chi connectivity index (χ1v) is 9.11. The molecule has 0 radical (unpaired) electrons. The van der Waals surface area contributed by atoms with Gasteiger partial charge in [-0.2, -0.15) is 0 Å². The summed E-state index contributed by atoms with van der Waals surface area (Å²) < 4.78 is 5.30. The van der Waals surface area contributed by atoms with Crippen molar-refractivity contribution >= 4 is 41.3 Å². The van der Waals surface area contributed by atoms with E-state index in [1.165, 1.54) is 4.88 Å². The summed E-state index contributed by atoms with van der Waals surface area (Å²) in [5, 5.41) is 12.5. The Bertz CT molecular complexity index is 784. The predicted octanol–water partition coefficient (Wildman–Crippen LogP) is 3.38. The minimum atomic E-state index is 0. The molecule has 0 saturated carbocycles. The molecule has 7 nitrogen and oxygen atoms in total. The van der Waals surface area contributed by atoms with E-state index in [0.717, 1.165) is 25.5 Å². The fourth-order valence-corrected chi connectivity index (χ4v) is 3.04. The van der Waals surface area contributed by atoms with Gasteiger partial charge in [0.1, 0.15) is 12.4 Å². The molecule has 0 spiro atoms. The Morgan fingerprint density at radius 1 is 1.38 bits per heavy atom. The zero-order chi connectivity index (χ0) is 17.5. The minimum Gasteiger partial charge on any atom is -0.461 e. The van der Waals surface area contributed by atoms with Crippen molar-refractivity contribution in [1.82, 2.24) is 25.4 Å². The van der Waals surface area contributed by atoms with Crippen LogP contribution in [0.3, 0.4) is 0 Å². The molecule has 0 fully saturated rings. The predicted molar refractivity (Wildman–Crippen MR) is 115 cm³/mol. The summed E-state index contributed by atoms with van der Waals surface area (Å²) in [6.07, 6.45) is 2.61. The lowest BCUT2D eigenvalue weighted by atomic mass is 10.3. The van der Waals surface area contributed by atoms with Crippen molar-refractivity contribution in [2.45, 2.75) is 19.9 Å². The summed E-state index contributed by atoms with van der Waals surface area (Å²) in [4.78, 5) is 12.6. The van der Waals surface area contributed by atoms with Gasteiger partial charge in [0.25, 0.3) is 0 Å². The quantitative estimate of drug-likeness (QED) is 0.304. The average molecular weight is 486 g/mol. The van der Waals surface area contributed by atoms with Crippen LogP contribution in [0.25, 0.3) is 11.6 Å². The van der Waals surface area contributed by atoms with Crippen LogP contribution in [0, 0.1) is 0 Å². The van der Waals surface area contributed by atoms with Gasteiger partial charge < -0.3 is 14.6 Å². The van der Waals surface area contributed by atoms with Crippen molar-refractivity contribution in [3.63, 3.8) is 0 Å². The maximum Gasteiger partial charge on any atom is 0.216 e. The Balaban J connectivity index is 0.00000243. The molecular weight excluding hydrogens is 463 g/mol. The van der Waals surface area contributed by atoms with Crippen molar-refractivity contribution < 1.29 is 4.42 Å². The molecule has 2 N–H and O–H groups in total. The van der Waals surface area contributed by atoms with Gasteiger partial charge in [-0.25, -0.2) is 9.98 Å². The molecule has 0 aliphatic rings. The summed E-state index contributed by atoms with van der Waals surface area (Å²) in [5.74, 6) is 2.75. The number of thiophene rings is 1. The van der Waals surface area contributed by atoms with E-state index in [1.807, 2.05) is 19.2 Å². The van der Waals surface area contributed by atoms with Crippen LogP contribution in [-0.4, -0.2) is 46.2 Å². The second kappa shape index (κ2) is 10.3. The van der Waals surface area contributed by atoms with Crippen LogP contribution >= 0.6 is 35.3 Å². The van der Waals surface area contributed by atoms with Crippen LogP contribution in [0.2, 0.25) is 0 Å². The number of nitrogens with one attached hydrogen (secondary N) is 2. The first-order valence-electron chi connectivity index (χ1n) is 8.23. The smallest absolute Gasteiger partial charge is 0.216 e. The maximum atomic E-state index is 5.30. The van der Waals surface area contributed by atoms with Crippen molar-refractivity contribution in [3.05, 3.63) is 46.6 Å². The number of H-pyrrole nitrogens is 1. The van der Waals surface area contributed by atoms with Crippen LogP contribution in [-0.2, 0) is 13.0 Å². The SMILES string of the molecule is CCNC(=NCc1nc(-c2ccco2)n[nH]1)N(C)CCc1cccs1.I. The Hall–Kier alpha value is -1.88. The minimum absolute atomic E-state index is 0. The molecule has 3 heterocycles. The highest BCUT2D eigenvalue weighted by molar-refractivity contribution is 14.0. The van der Waals surface area contributed by atoms with Crippen molar-refractivity contribution in [2.24, 2.45) is 4.99 Å². The number of likely N-dealkylation sites (N-methyl/N-ethyl adjacent to an activating group) is 1. The normalized spacial score (nSPS) is 11.2. The van der Waals surface area contributed by atoms with Crippen LogP contribution in [0.1, 0.15) is 17.6 Å². The van der Waals surface area contributed by atoms with E-state index in [4.69, 9.17) is 4.42 Å². The van der Waals surface area contributed by atoms with Crippen LogP contribution in [0.4, 0.5) is 0 Å². The summed E-state index contributed by atoms with van der Waals surface area (Å²) >= 11 is 1.78. The van der Waals surface area contributed by atoms with Crippen LogP contribution in [0.5, 0.6) is 0 Å². The van der Waals surface area contributed by atoms with Gasteiger partial charge in [0.15, 0.2) is 11.7 Å². The molecule has 0 atom stereocenters.